The maximum absolute atomic E-state index is 12.5. The van der Waals surface area contributed by atoms with Crippen molar-refractivity contribution in [2.75, 3.05) is 6.61 Å². The van der Waals surface area contributed by atoms with E-state index >= 15 is 0 Å². The van der Waals surface area contributed by atoms with Gasteiger partial charge in [-0.05, 0) is 70.6 Å². The van der Waals surface area contributed by atoms with Crippen LogP contribution >= 0.6 is 0 Å². The zero-order valence-electron chi connectivity index (χ0n) is 35.8. The molecule has 3 unspecified atom stereocenters. The van der Waals surface area contributed by atoms with Gasteiger partial charge in [-0.3, -0.25) is 4.79 Å². The number of rotatable bonds is 42. The van der Waals surface area contributed by atoms with E-state index in [-0.39, 0.29) is 6.61 Å². The second kappa shape index (κ2) is 44.0. The van der Waals surface area contributed by atoms with Gasteiger partial charge in [0.05, 0.1) is 18.8 Å². The first kappa shape index (κ1) is 52.3. The Kier molecular flexibility index (Phi) is 42.7. The lowest BCUT2D eigenvalue weighted by Crippen LogP contribution is -2.48. The van der Waals surface area contributed by atoms with Gasteiger partial charge < -0.3 is 20.6 Å². The van der Waals surface area contributed by atoms with Crippen LogP contribution < -0.4 is 5.32 Å². The van der Waals surface area contributed by atoms with Crippen LogP contribution in [0.2, 0.25) is 0 Å². The zero-order chi connectivity index (χ0) is 39.4. The van der Waals surface area contributed by atoms with Crippen LogP contribution in [0.1, 0.15) is 232 Å². The lowest BCUT2D eigenvalue weighted by atomic mass is 10.0. The van der Waals surface area contributed by atoms with E-state index in [4.69, 9.17) is 0 Å². The van der Waals surface area contributed by atoms with Gasteiger partial charge in [-0.1, -0.05) is 210 Å². The fraction of sp³-hybridized carbons (Fsp3) is 0.816. The number of hydrogen-bond donors (Lipinski definition) is 4. The number of aliphatic hydroxyl groups excluding tert-OH is 3. The van der Waals surface area contributed by atoms with Gasteiger partial charge in [0.1, 0.15) is 6.10 Å². The Morgan fingerprint density at radius 1 is 0.444 bits per heavy atom. The van der Waals surface area contributed by atoms with Crippen molar-refractivity contribution in [3.05, 3.63) is 48.6 Å². The number of unbranched alkanes of at least 4 members (excludes halogenated alkanes) is 28. The van der Waals surface area contributed by atoms with Crippen LogP contribution in [0.25, 0.3) is 0 Å². The Labute approximate surface area is 336 Å². The summed E-state index contributed by atoms with van der Waals surface area (Å²) < 4.78 is 0. The molecule has 0 fully saturated rings. The van der Waals surface area contributed by atoms with Gasteiger partial charge in [0, 0.05) is 0 Å². The quantitative estimate of drug-likeness (QED) is 0.0369. The lowest BCUT2D eigenvalue weighted by Gasteiger charge is -2.21. The monoisotopic (exact) mass is 758 g/mol. The summed E-state index contributed by atoms with van der Waals surface area (Å²) in [7, 11) is 0. The SMILES string of the molecule is CCCCCCCCCCC/C=C\CCCCCCC(O)C(=O)NC(CO)C(O)/C=C/CC/C=C/CC/C=C/CCCCCCCCCCCCCCC. The van der Waals surface area contributed by atoms with E-state index < -0.39 is 24.2 Å². The minimum Gasteiger partial charge on any atom is -0.394 e. The molecule has 5 heteroatoms. The molecule has 0 aliphatic rings. The average molecular weight is 758 g/mol. The second-order valence-electron chi connectivity index (χ2n) is 15.9. The predicted octanol–water partition coefficient (Wildman–Crippen LogP) is 13.7. The van der Waals surface area contributed by atoms with Crippen molar-refractivity contribution in [3.8, 4) is 0 Å². The molecule has 0 aromatic rings. The number of hydrogen-bond acceptors (Lipinski definition) is 4. The fourth-order valence-corrected chi connectivity index (χ4v) is 6.92. The van der Waals surface area contributed by atoms with Crippen LogP contribution in [-0.4, -0.2) is 46.1 Å². The first-order valence-electron chi connectivity index (χ1n) is 23.5. The molecule has 0 aliphatic heterocycles. The molecule has 0 rings (SSSR count). The van der Waals surface area contributed by atoms with Crippen LogP contribution in [0.3, 0.4) is 0 Å². The molecular weight excluding hydrogens is 667 g/mol. The summed E-state index contributed by atoms with van der Waals surface area (Å²) in [6, 6.07) is -0.826. The maximum Gasteiger partial charge on any atom is 0.249 e. The van der Waals surface area contributed by atoms with E-state index in [0.29, 0.717) is 6.42 Å². The highest BCUT2D eigenvalue weighted by Crippen LogP contribution is 2.14. The van der Waals surface area contributed by atoms with E-state index in [9.17, 15) is 20.1 Å². The smallest absolute Gasteiger partial charge is 0.249 e. The van der Waals surface area contributed by atoms with Crippen LogP contribution in [0.4, 0.5) is 0 Å². The molecule has 3 atom stereocenters. The molecule has 316 valence electrons. The summed E-state index contributed by atoms with van der Waals surface area (Å²) in [5.74, 6) is -0.526. The number of allylic oxidation sites excluding steroid dienone is 7. The summed E-state index contributed by atoms with van der Waals surface area (Å²) in [5, 5.41) is 33.1. The summed E-state index contributed by atoms with van der Waals surface area (Å²) in [5.41, 5.74) is 0. The standard InChI is InChI=1S/C49H91NO4/c1-3-5-7-9-11-13-15-17-19-21-22-23-24-25-26-28-29-31-33-35-37-39-41-43-47(52)46(45-51)50-49(54)48(53)44-42-40-38-36-34-32-30-27-20-18-16-14-12-10-8-6-4-2/h26,28,30,32-33,35,41,43,46-48,51-53H,3-25,27,29,31,34,36-40,42,44-45H2,1-2H3,(H,50,54)/b28-26+,32-30-,35-33+,43-41+. The molecular formula is C49H91NO4. The second-order valence-corrected chi connectivity index (χ2v) is 15.9. The third kappa shape index (κ3) is 38.6. The molecule has 5 nitrogen and oxygen atoms in total. The summed E-state index contributed by atoms with van der Waals surface area (Å²) >= 11 is 0. The summed E-state index contributed by atoms with van der Waals surface area (Å²) in [6.45, 7) is 4.17. The molecule has 0 aromatic carbocycles. The number of carbonyl (C=O) groups is 1. The molecule has 0 radical (unpaired) electrons. The highest BCUT2D eigenvalue weighted by atomic mass is 16.3. The number of nitrogens with one attached hydrogen (secondary N) is 1. The molecule has 1 amide bonds. The van der Waals surface area contributed by atoms with Gasteiger partial charge in [-0.2, -0.15) is 0 Å². The van der Waals surface area contributed by atoms with Crippen LogP contribution in [-0.2, 0) is 4.79 Å². The summed E-state index contributed by atoms with van der Waals surface area (Å²) in [6.07, 6.45) is 57.2. The van der Waals surface area contributed by atoms with Gasteiger partial charge in [0.15, 0.2) is 0 Å². The molecule has 0 aromatic heterocycles. The highest BCUT2D eigenvalue weighted by molar-refractivity contribution is 5.80. The first-order valence-corrected chi connectivity index (χ1v) is 23.5. The van der Waals surface area contributed by atoms with E-state index in [0.717, 1.165) is 57.8 Å². The molecule has 0 bridgehead atoms. The van der Waals surface area contributed by atoms with E-state index in [1.807, 2.05) is 6.08 Å². The number of amides is 1. The first-order chi connectivity index (χ1) is 26.6. The molecule has 0 saturated heterocycles. The van der Waals surface area contributed by atoms with Crippen LogP contribution in [0.5, 0.6) is 0 Å². The Morgan fingerprint density at radius 2 is 0.759 bits per heavy atom. The van der Waals surface area contributed by atoms with Crippen molar-refractivity contribution >= 4 is 5.91 Å². The third-order valence-electron chi connectivity index (χ3n) is 10.6. The van der Waals surface area contributed by atoms with Crippen molar-refractivity contribution in [2.45, 2.75) is 250 Å². The normalized spacial score (nSPS) is 13.9. The van der Waals surface area contributed by atoms with Crippen molar-refractivity contribution in [1.82, 2.24) is 5.32 Å². The van der Waals surface area contributed by atoms with E-state index in [1.54, 1.807) is 6.08 Å². The Bertz CT molecular complexity index is 881. The van der Waals surface area contributed by atoms with E-state index in [1.165, 1.54) is 154 Å². The Balaban J connectivity index is 3.74. The topological polar surface area (TPSA) is 89.8 Å². The Hall–Kier alpha value is -1.69. The van der Waals surface area contributed by atoms with Crippen molar-refractivity contribution in [1.29, 1.82) is 0 Å². The van der Waals surface area contributed by atoms with Gasteiger partial charge >= 0.3 is 0 Å². The van der Waals surface area contributed by atoms with Gasteiger partial charge in [0.25, 0.3) is 0 Å². The lowest BCUT2D eigenvalue weighted by molar-refractivity contribution is -0.131. The van der Waals surface area contributed by atoms with Crippen molar-refractivity contribution in [2.24, 2.45) is 0 Å². The summed E-state index contributed by atoms with van der Waals surface area (Å²) in [4.78, 5) is 12.5. The number of aliphatic hydroxyl groups is 3. The van der Waals surface area contributed by atoms with Crippen molar-refractivity contribution in [3.63, 3.8) is 0 Å². The van der Waals surface area contributed by atoms with Crippen molar-refractivity contribution < 1.29 is 20.1 Å². The van der Waals surface area contributed by atoms with Crippen LogP contribution in [0, 0.1) is 0 Å². The predicted molar refractivity (Wildman–Crippen MR) is 236 cm³/mol. The third-order valence-corrected chi connectivity index (χ3v) is 10.6. The molecule has 4 N–H and O–H groups in total. The fourth-order valence-electron chi connectivity index (χ4n) is 6.92. The molecule has 54 heavy (non-hydrogen) atoms. The van der Waals surface area contributed by atoms with Gasteiger partial charge in [-0.25, -0.2) is 0 Å². The van der Waals surface area contributed by atoms with Gasteiger partial charge in [0.2, 0.25) is 5.91 Å². The molecule has 0 aliphatic carbocycles. The largest absolute Gasteiger partial charge is 0.394 e. The minimum absolute atomic E-state index is 0.386. The Morgan fingerprint density at radius 3 is 1.13 bits per heavy atom. The van der Waals surface area contributed by atoms with Crippen LogP contribution in [0.15, 0.2) is 48.6 Å². The maximum atomic E-state index is 12.5. The molecule has 0 saturated carbocycles. The number of carbonyl (C=O) groups excluding carboxylic acids is 1. The molecule has 0 spiro atoms. The highest BCUT2D eigenvalue weighted by Gasteiger charge is 2.22. The van der Waals surface area contributed by atoms with E-state index in [2.05, 4.69) is 55.6 Å². The zero-order valence-corrected chi connectivity index (χ0v) is 35.8. The van der Waals surface area contributed by atoms with Gasteiger partial charge in [-0.15, -0.1) is 0 Å². The molecule has 0 heterocycles. The minimum atomic E-state index is -1.12. The average Bonchev–Trinajstić information content (AvgIpc) is 3.18.